The molecule has 0 aliphatic rings. The zero-order valence-electron chi connectivity index (χ0n) is 3.66. The van der Waals surface area contributed by atoms with Crippen molar-refractivity contribution in [1.29, 1.82) is 0 Å². The van der Waals surface area contributed by atoms with Crippen molar-refractivity contribution in [1.82, 2.24) is 0 Å². The molecule has 7 heavy (non-hydrogen) atoms. The summed E-state index contributed by atoms with van der Waals surface area (Å²) < 4.78 is 9.35. The van der Waals surface area contributed by atoms with Gasteiger partial charge < -0.3 is 20.1 Å². The van der Waals surface area contributed by atoms with Gasteiger partial charge in [-0.25, -0.2) is 0 Å². The summed E-state index contributed by atoms with van der Waals surface area (Å²) in [5.74, 6) is 0. The van der Waals surface area contributed by atoms with Crippen molar-refractivity contribution in [3.05, 3.63) is 0 Å². The molecule has 0 radical (unpaired) electrons. The summed E-state index contributed by atoms with van der Waals surface area (Å²) in [6.07, 6.45) is -0.785. The summed E-state index contributed by atoms with van der Waals surface area (Å²) in [4.78, 5) is 18.7. The van der Waals surface area contributed by atoms with E-state index in [1.807, 2.05) is 0 Å². The Morgan fingerprint density at radius 1 is 1.57 bits per heavy atom. The van der Waals surface area contributed by atoms with Crippen LogP contribution < -0.4 is 15.5 Å². The second-order valence-electron chi connectivity index (χ2n) is 0.793. The zero-order chi connectivity index (χ0) is 5.21. The average molecular weight is 133 g/mol. The molecule has 4 nitrogen and oxygen atoms in total. The second-order valence-corrected chi connectivity index (χ2v) is 2.38. The molecule has 0 aliphatic carbocycles. The van der Waals surface area contributed by atoms with E-state index in [-0.39, 0.29) is 23.1 Å². The van der Waals surface area contributed by atoms with Crippen LogP contribution in [0.15, 0.2) is 0 Å². The molecule has 0 aromatic carbocycles. The normalized spacial score (nSPS) is 10.1. The SMILES string of the molecule is NCP(=O)([O-])[O-].[Mg+2]. The molecule has 0 unspecified atom stereocenters. The van der Waals surface area contributed by atoms with E-state index in [4.69, 9.17) is 0 Å². The summed E-state index contributed by atoms with van der Waals surface area (Å²) in [7, 11) is -4.37. The van der Waals surface area contributed by atoms with Crippen LogP contribution in [-0.2, 0) is 4.57 Å². The molecule has 0 bridgehead atoms. The van der Waals surface area contributed by atoms with Gasteiger partial charge in [-0.1, -0.05) is 7.60 Å². The van der Waals surface area contributed by atoms with Crippen LogP contribution in [0.1, 0.15) is 0 Å². The van der Waals surface area contributed by atoms with Gasteiger partial charge in [0.25, 0.3) is 0 Å². The molecular formula is CH4MgNO3P. The Bertz CT molecular complexity index is 79.0. The maximum absolute atomic E-state index is 9.35. The molecule has 6 heteroatoms. The van der Waals surface area contributed by atoms with Crippen molar-refractivity contribution >= 4 is 30.6 Å². The van der Waals surface area contributed by atoms with E-state index in [2.05, 4.69) is 5.73 Å². The molecule has 0 heterocycles. The van der Waals surface area contributed by atoms with Gasteiger partial charge in [0.15, 0.2) is 0 Å². The average Bonchev–Trinajstić information content (AvgIpc) is 1.35. The Morgan fingerprint density at radius 3 is 1.71 bits per heavy atom. The standard InChI is InChI=1S/CH6NO3P.Mg/c2-1-6(3,4)5;/h1-2H2,(H2,3,4,5);/q;+2/p-2. The van der Waals surface area contributed by atoms with Crippen molar-refractivity contribution in [2.45, 2.75) is 0 Å². The van der Waals surface area contributed by atoms with Gasteiger partial charge in [-0.05, 0) is 0 Å². The Kier molecular flexibility index (Phi) is 5.90. The van der Waals surface area contributed by atoms with Gasteiger partial charge in [-0.3, -0.25) is 0 Å². The maximum Gasteiger partial charge on any atom is 2.00 e. The van der Waals surface area contributed by atoms with E-state index in [1.165, 1.54) is 0 Å². The summed E-state index contributed by atoms with van der Waals surface area (Å²) in [6, 6.07) is 0. The molecule has 38 valence electrons. The molecule has 0 spiro atoms. The summed E-state index contributed by atoms with van der Waals surface area (Å²) in [5, 5.41) is 0. The van der Waals surface area contributed by atoms with E-state index >= 15 is 0 Å². The van der Waals surface area contributed by atoms with Crippen LogP contribution in [0.5, 0.6) is 0 Å². The fourth-order valence-electron chi connectivity index (χ4n) is 0. The Hall–Kier alpha value is 0.876. The smallest absolute Gasteiger partial charge is 0.810 e. The van der Waals surface area contributed by atoms with Crippen molar-refractivity contribution < 1.29 is 14.4 Å². The number of hydrogen-bond acceptors (Lipinski definition) is 4. The van der Waals surface area contributed by atoms with Crippen LogP contribution in [-0.4, -0.2) is 29.3 Å². The molecule has 0 aromatic heterocycles. The Labute approximate surface area is 57.4 Å². The van der Waals surface area contributed by atoms with Gasteiger partial charge >= 0.3 is 23.1 Å². The van der Waals surface area contributed by atoms with E-state index in [1.54, 1.807) is 0 Å². The van der Waals surface area contributed by atoms with Gasteiger partial charge in [0.2, 0.25) is 0 Å². The first kappa shape index (κ1) is 10.8. The molecule has 0 amide bonds. The third kappa shape index (κ3) is 10.9. The molecule has 0 fully saturated rings. The van der Waals surface area contributed by atoms with Crippen LogP contribution in [0.3, 0.4) is 0 Å². The van der Waals surface area contributed by atoms with E-state index in [9.17, 15) is 14.4 Å². The van der Waals surface area contributed by atoms with Crippen molar-refractivity contribution in [3.63, 3.8) is 0 Å². The van der Waals surface area contributed by atoms with Crippen LogP contribution in [0.2, 0.25) is 0 Å². The van der Waals surface area contributed by atoms with Gasteiger partial charge in [0, 0.05) is 6.29 Å². The first-order valence-corrected chi connectivity index (χ1v) is 3.00. The summed E-state index contributed by atoms with van der Waals surface area (Å²) in [5.41, 5.74) is 4.42. The molecule has 0 saturated heterocycles. The topological polar surface area (TPSA) is 89.2 Å². The minimum Gasteiger partial charge on any atom is -0.810 e. The van der Waals surface area contributed by atoms with Gasteiger partial charge in [-0.15, -0.1) is 0 Å². The Morgan fingerprint density at radius 2 is 1.71 bits per heavy atom. The van der Waals surface area contributed by atoms with Crippen LogP contribution >= 0.6 is 7.60 Å². The van der Waals surface area contributed by atoms with Crippen molar-refractivity contribution in [2.75, 3.05) is 6.29 Å². The minimum atomic E-state index is -4.37. The summed E-state index contributed by atoms with van der Waals surface area (Å²) in [6.45, 7) is 0. The van der Waals surface area contributed by atoms with Gasteiger partial charge in [0.1, 0.15) is 0 Å². The molecule has 0 aliphatic heterocycles. The molecule has 0 rings (SSSR count). The third-order valence-electron chi connectivity index (χ3n) is 0.224. The maximum atomic E-state index is 9.35. The van der Waals surface area contributed by atoms with Crippen LogP contribution in [0.25, 0.3) is 0 Å². The molecule has 0 aromatic rings. The molecule has 2 N–H and O–H groups in total. The van der Waals surface area contributed by atoms with Crippen molar-refractivity contribution in [2.24, 2.45) is 5.73 Å². The fraction of sp³-hybridized carbons (Fsp3) is 1.00. The predicted octanol–water partition coefficient (Wildman–Crippen LogP) is -2.56. The summed E-state index contributed by atoms with van der Waals surface area (Å²) >= 11 is 0. The van der Waals surface area contributed by atoms with E-state index < -0.39 is 13.9 Å². The van der Waals surface area contributed by atoms with Gasteiger partial charge in [0.05, 0.1) is 0 Å². The number of hydrogen-bond donors (Lipinski definition) is 1. The first-order valence-electron chi connectivity index (χ1n) is 1.27. The molecular weight excluding hydrogens is 129 g/mol. The minimum absolute atomic E-state index is 0. The monoisotopic (exact) mass is 133 g/mol. The largest absolute Gasteiger partial charge is 2.00 e. The van der Waals surface area contributed by atoms with Crippen LogP contribution in [0, 0.1) is 0 Å². The van der Waals surface area contributed by atoms with Crippen molar-refractivity contribution in [3.8, 4) is 0 Å². The number of rotatable bonds is 1. The zero-order valence-corrected chi connectivity index (χ0v) is 5.97. The fourth-order valence-corrected chi connectivity index (χ4v) is 0. The first-order chi connectivity index (χ1) is 2.56. The number of nitrogens with two attached hydrogens (primary N) is 1. The second kappa shape index (κ2) is 3.83. The molecule has 0 saturated carbocycles. The van der Waals surface area contributed by atoms with Crippen LogP contribution in [0.4, 0.5) is 0 Å². The Balaban J connectivity index is 0. The quantitative estimate of drug-likeness (QED) is 0.315. The van der Waals surface area contributed by atoms with Gasteiger partial charge in [-0.2, -0.15) is 0 Å². The van der Waals surface area contributed by atoms with E-state index in [0.29, 0.717) is 0 Å². The van der Waals surface area contributed by atoms with E-state index in [0.717, 1.165) is 0 Å². The molecule has 0 atom stereocenters. The third-order valence-corrected chi connectivity index (χ3v) is 0.671. The predicted molar refractivity (Wildman–Crippen MR) is 22.4 cm³/mol.